The Labute approximate surface area is 79.9 Å². The average molecular weight is 235 g/mol. The molecule has 0 saturated heterocycles. The van der Waals surface area contributed by atoms with E-state index in [2.05, 4.69) is 27.2 Å². The van der Waals surface area contributed by atoms with E-state index in [-0.39, 0.29) is 5.78 Å². The molecule has 0 aromatic heterocycles. The molecule has 3 nitrogen and oxygen atoms in total. The number of Topliss-reactive ketones (excluding diaryl/α,β-unsaturated/α-hetero) is 1. The van der Waals surface area contributed by atoms with Gasteiger partial charge in [-0.2, -0.15) is 0 Å². The summed E-state index contributed by atoms with van der Waals surface area (Å²) in [5.41, 5.74) is 0. The molecule has 0 amide bonds. The van der Waals surface area contributed by atoms with Gasteiger partial charge in [0.25, 0.3) is 0 Å². The molecule has 1 unspecified atom stereocenters. The monoisotopic (exact) mass is 234 g/mol. The summed E-state index contributed by atoms with van der Waals surface area (Å²) >= 11 is 2.94. The summed E-state index contributed by atoms with van der Waals surface area (Å²) < 4.78 is 4.38. The zero-order valence-corrected chi connectivity index (χ0v) is 8.46. The molecule has 0 aromatic rings. The van der Waals surface area contributed by atoms with Gasteiger partial charge in [-0.3, -0.25) is 9.59 Å². The third-order valence-corrected chi connectivity index (χ3v) is 2.17. The number of hydrogen-bond acceptors (Lipinski definition) is 3. The van der Waals surface area contributed by atoms with Crippen molar-refractivity contribution in [3.05, 3.63) is 12.7 Å². The van der Waals surface area contributed by atoms with Crippen LogP contribution in [0.5, 0.6) is 0 Å². The Morgan fingerprint density at radius 2 is 2.25 bits per heavy atom. The van der Waals surface area contributed by atoms with Crippen molar-refractivity contribution in [3.8, 4) is 0 Å². The van der Waals surface area contributed by atoms with E-state index in [1.54, 1.807) is 6.08 Å². The van der Waals surface area contributed by atoms with E-state index < -0.39 is 10.8 Å². The molecule has 0 N–H and O–H groups in total. The molecule has 0 spiro atoms. The summed E-state index contributed by atoms with van der Waals surface area (Å²) in [5, 5.41) is 0. The van der Waals surface area contributed by atoms with E-state index in [0.29, 0.717) is 12.8 Å². The van der Waals surface area contributed by atoms with Crippen molar-refractivity contribution >= 4 is 27.7 Å². The molecule has 0 aliphatic rings. The number of halogens is 1. The maximum Gasteiger partial charge on any atom is 0.327 e. The fourth-order valence-corrected chi connectivity index (χ4v) is 1.02. The van der Waals surface area contributed by atoms with Crippen molar-refractivity contribution in [3.63, 3.8) is 0 Å². The first kappa shape index (κ1) is 11.4. The molecular formula is C8H11BrO3. The van der Waals surface area contributed by atoms with Crippen molar-refractivity contribution in [2.24, 2.45) is 0 Å². The molecule has 0 aliphatic carbocycles. The molecule has 0 bridgehead atoms. The number of methoxy groups -OCH3 is 1. The number of ketones is 1. The number of carbonyl (C=O) groups excluding carboxylic acids is 2. The van der Waals surface area contributed by atoms with Gasteiger partial charge in [0.15, 0.2) is 10.6 Å². The highest BCUT2D eigenvalue weighted by Crippen LogP contribution is 2.07. The van der Waals surface area contributed by atoms with E-state index in [9.17, 15) is 9.59 Å². The number of hydrogen-bond donors (Lipinski definition) is 0. The highest BCUT2D eigenvalue weighted by atomic mass is 79.9. The SMILES string of the molecule is C=CCCC(=O)C(Br)C(=O)OC. The van der Waals surface area contributed by atoms with Gasteiger partial charge in [0.05, 0.1) is 7.11 Å². The second-order valence-corrected chi connectivity index (χ2v) is 3.10. The van der Waals surface area contributed by atoms with E-state index in [1.807, 2.05) is 0 Å². The Hall–Kier alpha value is -0.640. The molecule has 4 heteroatoms. The Balaban J connectivity index is 3.92. The van der Waals surface area contributed by atoms with Crippen LogP contribution in [0.25, 0.3) is 0 Å². The van der Waals surface area contributed by atoms with Crippen LogP contribution in [0.4, 0.5) is 0 Å². The zero-order valence-electron chi connectivity index (χ0n) is 6.88. The van der Waals surface area contributed by atoms with Gasteiger partial charge >= 0.3 is 5.97 Å². The van der Waals surface area contributed by atoms with Gasteiger partial charge in [-0.15, -0.1) is 6.58 Å². The fourth-order valence-electron chi connectivity index (χ4n) is 0.606. The molecule has 68 valence electrons. The van der Waals surface area contributed by atoms with Crippen LogP contribution < -0.4 is 0 Å². The Bertz CT molecular complexity index is 189. The highest BCUT2D eigenvalue weighted by molar-refractivity contribution is 9.10. The predicted molar refractivity (Wildman–Crippen MR) is 49.2 cm³/mol. The lowest BCUT2D eigenvalue weighted by Gasteiger charge is -2.04. The molecule has 0 radical (unpaired) electrons. The smallest absolute Gasteiger partial charge is 0.327 e. The molecule has 0 aliphatic heterocycles. The van der Waals surface area contributed by atoms with Crippen LogP contribution in [-0.4, -0.2) is 23.7 Å². The molecule has 0 rings (SSSR count). The molecular weight excluding hydrogens is 224 g/mol. The normalized spacial score (nSPS) is 11.8. The van der Waals surface area contributed by atoms with Gasteiger partial charge in [-0.25, -0.2) is 0 Å². The maximum absolute atomic E-state index is 11.1. The van der Waals surface area contributed by atoms with Gasteiger partial charge in [0, 0.05) is 6.42 Å². The van der Waals surface area contributed by atoms with E-state index in [0.717, 1.165) is 0 Å². The molecule has 0 heterocycles. The number of ether oxygens (including phenoxy) is 1. The van der Waals surface area contributed by atoms with Gasteiger partial charge in [-0.05, 0) is 6.42 Å². The first-order valence-corrected chi connectivity index (χ1v) is 4.40. The summed E-state index contributed by atoms with van der Waals surface area (Å²) in [7, 11) is 1.25. The molecule has 0 fully saturated rings. The van der Waals surface area contributed by atoms with Gasteiger partial charge < -0.3 is 4.74 Å². The molecule has 0 aromatic carbocycles. The minimum atomic E-state index is -0.831. The molecule has 0 saturated carbocycles. The summed E-state index contributed by atoms with van der Waals surface area (Å²) in [6, 6.07) is 0. The highest BCUT2D eigenvalue weighted by Gasteiger charge is 2.22. The molecule has 1 atom stereocenters. The average Bonchev–Trinajstić information content (AvgIpc) is 2.11. The van der Waals surface area contributed by atoms with Crippen molar-refractivity contribution in [1.82, 2.24) is 0 Å². The quantitative estimate of drug-likeness (QED) is 0.313. The van der Waals surface area contributed by atoms with Crippen LogP contribution in [0.2, 0.25) is 0 Å². The number of rotatable bonds is 5. The lowest BCUT2D eigenvalue weighted by atomic mass is 10.2. The Morgan fingerprint density at radius 3 is 2.67 bits per heavy atom. The van der Waals surface area contributed by atoms with Crippen LogP contribution in [0.3, 0.4) is 0 Å². The summed E-state index contributed by atoms with van der Waals surface area (Å²) in [5.74, 6) is -0.731. The first-order chi connectivity index (χ1) is 5.63. The van der Waals surface area contributed by atoms with Crippen molar-refractivity contribution in [1.29, 1.82) is 0 Å². The van der Waals surface area contributed by atoms with Gasteiger partial charge in [-0.1, -0.05) is 22.0 Å². The largest absolute Gasteiger partial charge is 0.468 e. The third kappa shape index (κ3) is 3.67. The van der Waals surface area contributed by atoms with E-state index >= 15 is 0 Å². The number of carbonyl (C=O) groups is 2. The fraction of sp³-hybridized carbons (Fsp3) is 0.500. The van der Waals surface area contributed by atoms with Crippen LogP contribution in [0, 0.1) is 0 Å². The van der Waals surface area contributed by atoms with E-state index in [4.69, 9.17) is 0 Å². The lowest BCUT2D eigenvalue weighted by Crippen LogP contribution is -2.24. The second kappa shape index (κ2) is 5.94. The molecule has 12 heavy (non-hydrogen) atoms. The minimum Gasteiger partial charge on any atom is -0.468 e. The van der Waals surface area contributed by atoms with E-state index in [1.165, 1.54) is 7.11 Å². The Kier molecular flexibility index (Phi) is 5.62. The Morgan fingerprint density at radius 1 is 1.67 bits per heavy atom. The second-order valence-electron chi connectivity index (χ2n) is 2.18. The van der Waals surface area contributed by atoms with Crippen molar-refractivity contribution in [2.45, 2.75) is 17.7 Å². The predicted octanol–water partition coefficient (Wildman–Crippen LogP) is 1.46. The summed E-state index contributed by atoms with van der Waals surface area (Å²) in [6.45, 7) is 3.47. The van der Waals surface area contributed by atoms with Gasteiger partial charge in [0.1, 0.15) is 0 Å². The number of allylic oxidation sites excluding steroid dienone is 1. The van der Waals surface area contributed by atoms with Crippen LogP contribution in [0.15, 0.2) is 12.7 Å². The summed E-state index contributed by atoms with van der Waals surface area (Å²) in [6.07, 6.45) is 2.53. The van der Waals surface area contributed by atoms with Gasteiger partial charge in [0.2, 0.25) is 0 Å². The standard InChI is InChI=1S/C8H11BrO3/c1-3-4-5-6(10)7(9)8(11)12-2/h3,7H,1,4-5H2,2H3. The number of alkyl halides is 1. The maximum atomic E-state index is 11.1. The van der Waals surface area contributed by atoms with Crippen LogP contribution >= 0.6 is 15.9 Å². The van der Waals surface area contributed by atoms with Crippen molar-refractivity contribution in [2.75, 3.05) is 7.11 Å². The first-order valence-electron chi connectivity index (χ1n) is 3.49. The van der Waals surface area contributed by atoms with Crippen LogP contribution in [0.1, 0.15) is 12.8 Å². The van der Waals surface area contributed by atoms with Crippen molar-refractivity contribution < 1.29 is 14.3 Å². The van der Waals surface area contributed by atoms with Crippen LogP contribution in [-0.2, 0) is 14.3 Å². The summed E-state index contributed by atoms with van der Waals surface area (Å²) in [4.78, 5) is 21.1. The zero-order chi connectivity index (χ0) is 9.56. The number of esters is 1. The topological polar surface area (TPSA) is 43.4 Å². The third-order valence-electron chi connectivity index (χ3n) is 1.29. The lowest BCUT2D eigenvalue weighted by molar-refractivity contribution is -0.142. The minimum absolute atomic E-state index is 0.179.